The Morgan fingerprint density at radius 1 is 1.13 bits per heavy atom. The Kier molecular flexibility index (Phi) is 4.48. The van der Waals surface area contributed by atoms with Crippen LogP contribution in [-0.2, 0) is 0 Å². The molecule has 1 aliphatic rings. The molecule has 4 nitrogen and oxygen atoms in total. The summed E-state index contributed by atoms with van der Waals surface area (Å²) in [5, 5.41) is 11.1. The predicted molar refractivity (Wildman–Crippen MR) is 95.6 cm³/mol. The number of hydrogen-bond acceptors (Lipinski definition) is 5. The molecule has 0 aliphatic carbocycles. The summed E-state index contributed by atoms with van der Waals surface area (Å²) in [5.74, 6) is 1.68. The fraction of sp³-hybridized carbons (Fsp3) is 0.333. The predicted octanol–water partition coefficient (Wildman–Crippen LogP) is 4.49. The molecule has 2 heterocycles. The molecule has 1 aliphatic heterocycles. The van der Waals surface area contributed by atoms with Crippen LogP contribution in [-0.4, -0.2) is 25.6 Å². The van der Waals surface area contributed by atoms with Crippen LogP contribution in [0.15, 0.2) is 39.8 Å². The van der Waals surface area contributed by atoms with Gasteiger partial charge in [-0.2, -0.15) is 5.10 Å². The van der Waals surface area contributed by atoms with Gasteiger partial charge in [0.15, 0.2) is 11.5 Å². The summed E-state index contributed by atoms with van der Waals surface area (Å²) in [6.07, 6.45) is 0.963. The summed E-state index contributed by atoms with van der Waals surface area (Å²) in [6, 6.07) is 8.18. The standard InChI is InChI=1S/C18H20N2O2S/c1-5-12-11(2)19-20-18(17-7-6-8-23-17)14-10-16(22-4)15(21-3)9-13(12)14/h6-10,12H,5H2,1-4H3. The van der Waals surface area contributed by atoms with Gasteiger partial charge in [-0.25, -0.2) is 0 Å². The summed E-state index contributed by atoms with van der Waals surface area (Å²) in [5.41, 5.74) is 4.17. The lowest BCUT2D eigenvalue weighted by molar-refractivity contribution is 0.354. The van der Waals surface area contributed by atoms with E-state index in [1.54, 1.807) is 25.6 Å². The number of thiophene rings is 1. The van der Waals surface area contributed by atoms with Gasteiger partial charge in [0.2, 0.25) is 0 Å². The lowest BCUT2D eigenvalue weighted by atomic mass is 9.87. The van der Waals surface area contributed by atoms with Crippen LogP contribution < -0.4 is 9.47 Å². The normalized spacial score (nSPS) is 17.0. The second-order valence-electron chi connectivity index (χ2n) is 5.42. The van der Waals surface area contributed by atoms with Gasteiger partial charge in [0.25, 0.3) is 0 Å². The smallest absolute Gasteiger partial charge is 0.161 e. The summed E-state index contributed by atoms with van der Waals surface area (Å²) in [7, 11) is 3.32. The largest absolute Gasteiger partial charge is 0.493 e. The second-order valence-corrected chi connectivity index (χ2v) is 6.37. The third kappa shape index (κ3) is 2.77. The Morgan fingerprint density at radius 3 is 2.48 bits per heavy atom. The van der Waals surface area contributed by atoms with E-state index in [4.69, 9.17) is 9.47 Å². The summed E-state index contributed by atoms with van der Waals surface area (Å²) >= 11 is 1.66. The molecule has 0 saturated carbocycles. The zero-order valence-corrected chi connectivity index (χ0v) is 14.6. The molecule has 23 heavy (non-hydrogen) atoms. The van der Waals surface area contributed by atoms with Gasteiger partial charge in [-0.15, -0.1) is 16.4 Å². The minimum atomic E-state index is 0.228. The molecule has 0 bridgehead atoms. The van der Waals surface area contributed by atoms with Crippen molar-refractivity contribution in [3.8, 4) is 11.5 Å². The van der Waals surface area contributed by atoms with E-state index in [1.165, 1.54) is 5.56 Å². The third-order valence-corrected chi connectivity index (χ3v) is 5.04. The highest BCUT2D eigenvalue weighted by molar-refractivity contribution is 7.12. The van der Waals surface area contributed by atoms with Crippen molar-refractivity contribution in [3.05, 3.63) is 45.6 Å². The molecule has 1 aromatic heterocycles. The Balaban J connectivity index is 2.27. The molecule has 0 amide bonds. The first-order chi connectivity index (χ1) is 11.2. The number of ether oxygens (including phenoxy) is 2. The van der Waals surface area contributed by atoms with Crippen molar-refractivity contribution in [1.82, 2.24) is 0 Å². The van der Waals surface area contributed by atoms with Crippen molar-refractivity contribution in [2.24, 2.45) is 10.2 Å². The number of fused-ring (bicyclic) bond motifs is 1. The van der Waals surface area contributed by atoms with E-state index in [0.29, 0.717) is 5.75 Å². The van der Waals surface area contributed by atoms with Crippen LogP contribution in [0.2, 0.25) is 0 Å². The maximum absolute atomic E-state index is 5.50. The minimum absolute atomic E-state index is 0.228. The molecule has 0 radical (unpaired) electrons. The first-order valence-electron chi connectivity index (χ1n) is 7.61. The molecule has 0 spiro atoms. The summed E-state index contributed by atoms with van der Waals surface area (Å²) in [4.78, 5) is 1.10. The zero-order valence-electron chi connectivity index (χ0n) is 13.8. The van der Waals surface area contributed by atoms with Gasteiger partial charge in [-0.3, -0.25) is 0 Å². The van der Waals surface area contributed by atoms with Crippen molar-refractivity contribution in [2.45, 2.75) is 26.2 Å². The highest BCUT2D eigenvalue weighted by atomic mass is 32.1. The van der Waals surface area contributed by atoms with Gasteiger partial charge >= 0.3 is 0 Å². The number of methoxy groups -OCH3 is 2. The van der Waals surface area contributed by atoms with Crippen molar-refractivity contribution >= 4 is 22.8 Å². The van der Waals surface area contributed by atoms with E-state index in [1.807, 2.05) is 19.1 Å². The third-order valence-electron chi connectivity index (χ3n) is 4.16. The van der Waals surface area contributed by atoms with Gasteiger partial charge in [0.05, 0.1) is 19.1 Å². The lowest BCUT2D eigenvalue weighted by Gasteiger charge is -2.19. The molecular formula is C18H20N2O2S. The minimum Gasteiger partial charge on any atom is -0.493 e. The van der Waals surface area contributed by atoms with Gasteiger partial charge in [-0.1, -0.05) is 13.0 Å². The molecule has 2 aromatic rings. The van der Waals surface area contributed by atoms with Gasteiger partial charge in [0, 0.05) is 17.2 Å². The highest BCUT2D eigenvalue weighted by Crippen LogP contribution is 2.38. The molecule has 3 rings (SSSR count). The van der Waals surface area contributed by atoms with Crippen LogP contribution in [0.1, 0.15) is 42.2 Å². The Bertz CT molecular complexity index is 764. The fourth-order valence-corrected chi connectivity index (χ4v) is 3.70. The molecule has 0 saturated heterocycles. The first kappa shape index (κ1) is 15.7. The maximum atomic E-state index is 5.50. The van der Waals surface area contributed by atoms with Crippen LogP contribution in [0.3, 0.4) is 0 Å². The summed E-state index contributed by atoms with van der Waals surface area (Å²) in [6.45, 7) is 4.20. The molecule has 0 fully saturated rings. The Labute approximate surface area is 140 Å². The summed E-state index contributed by atoms with van der Waals surface area (Å²) < 4.78 is 11.0. The van der Waals surface area contributed by atoms with Crippen molar-refractivity contribution in [1.29, 1.82) is 0 Å². The topological polar surface area (TPSA) is 43.2 Å². The SMILES string of the molecule is CCC1C(C)=NN=C(c2cccs2)c2cc(OC)c(OC)cc21. The fourth-order valence-electron chi connectivity index (χ4n) is 2.98. The molecule has 1 unspecified atom stereocenters. The van der Waals surface area contributed by atoms with E-state index in [-0.39, 0.29) is 5.92 Å². The molecule has 120 valence electrons. The van der Waals surface area contributed by atoms with Crippen LogP contribution in [0.5, 0.6) is 11.5 Å². The average molecular weight is 328 g/mol. The first-order valence-corrected chi connectivity index (χ1v) is 8.49. The maximum Gasteiger partial charge on any atom is 0.161 e. The van der Waals surface area contributed by atoms with Crippen LogP contribution in [0.4, 0.5) is 0 Å². The number of hydrogen-bond donors (Lipinski definition) is 0. The van der Waals surface area contributed by atoms with E-state index in [0.717, 1.165) is 34.0 Å². The van der Waals surface area contributed by atoms with E-state index >= 15 is 0 Å². The Hall–Kier alpha value is -2.14. The monoisotopic (exact) mass is 328 g/mol. The van der Waals surface area contributed by atoms with E-state index in [2.05, 4.69) is 34.6 Å². The molecule has 5 heteroatoms. The lowest BCUT2D eigenvalue weighted by Crippen LogP contribution is -2.12. The van der Waals surface area contributed by atoms with E-state index in [9.17, 15) is 0 Å². The van der Waals surface area contributed by atoms with Crippen molar-refractivity contribution < 1.29 is 9.47 Å². The van der Waals surface area contributed by atoms with Crippen molar-refractivity contribution in [3.63, 3.8) is 0 Å². The van der Waals surface area contributed by atoms with Crippen molar-refractivity contribution in [2.75, 3.05) is 14.2 Å². The zero-order chi connectivity index (χ0) is 16.4. The van der Waals surface area contributed by atoms with E-state index < -0.39 is 0 Å². The molecule has 1 aromatic carbocycles. The van der Waals surface area contributed by atoms with Crippen LogP contribution in [0.25, 0.3) is 0 Å². The van der Waals surface area contributed by atoms with Gasteiger partial charge < -0.3 is 9.47 Å². The number of rotatable bonds is 4. The quantitative estimate of drug-likeness (QED) is 0.830. The Morgan fingerprint density at radius 2 is 1.87 bits per heavy atom. The molecular weight excluding hydrogens is 308 g/mol. The molecule has 0 N–H and O–H groups in total. The second kappa shape index (κ2) is 6.54. The van der Waals surface area contributed by atoms with Crippen LogP contribution in [0, 0.1) is 0 Å². The van der Waals surface area contributed by atoms with Crippen LogP contribution >= 0.6 is 11.3 Å². The average Bonchev–Trinajstić information content (AvgIpc) is 3.06. The number of benzene rings is 1. The van der Waals surface area contributed by atoms with Gasteiger partial charge in [-0.05, 0) is 42.5 Å². The number of nitrogens with zero attached hydrogens (tertiary/aromatic N) is 2. The highest BCUT2D eigenvalue weighted by Gasteiger charge is 2.26. The molecule has 1 atom stereocenters. The van der Waals surface area contributed by atoms with Gasteiger partial charge in [0.1, 0.15) is 5.71 Å².